The average molecular weight is 243 g/mol. The molecule has 0 unspecified atom stereocenters. The maximum atomic E-state index is 11.8. The summed E-state index contributed by atoms with van der Waals surface area (Å²) in [6.07, 6.45) is 3.42. The van der Waals surface area contributed by atoms with E-state index in [1.165, 1.54) is 0 Å². The molecule has 1 amide bonds. The first-order valence-electron chi connectivity index (χ1n) is 6.02. The molecule has 17 heavy (non-hydrogen) atoms. The summed E-state index contributed by atoms with van der Waals surface area (Å²) in [4.78, 5) is 32.9. The van der Waals surface area contributed by atoms with Gasteiger partial charge in [-0.25, -0.2) is 0 Å². The highest BCUT2D eigenvalue weighted by atomic mass is 16.4. The molecule has 2 N–H and O–H groups in total. The monoisotopic (exact) mass is 243 g/mol. The molecular formula is C12H21NO4. The first-order valence-corrected chi connectivity index (χ1v) is 6.02. The van der Waals surface area contributed by atoms with Crippen LogP contribution in [-0.2, 0) is 14.4 Å². The number of aldehydes is 1. The predicted octanol–water partition coefficient (Wildman–Crippen LogP) is 1.36. The molecule has 0 aliphatic carbocycles. The predicted molar refractivity (Wildman–Crippen MR) is 63.6 cm³/mol. The van der Waals surface area contributed by atoms with Crippen LogP contribution in [0.4, 0.5) is 0 Å². The average Bonchev–Trinajstić information content (AvgIpc) is 2.27. The van der Waals surface area contributed by atoms with Crippen LogP contribution < -0.4 is 5.32 Å². The van der Waals surface area contributed by atoms with Gasteiger partial charge in [0.25, 0.3) is 0 Å². The van der Waals surface area contributed by atoms with Crippen molar-refractivity contribution >= 4 is 18.2 Å². The highest BCUT2D eigenvalue weighted by molar-refractivity contribution is 5.83. The number of aliphatic carboxylic acids is 1. The van der Waals surface area contributed by atoms with E-state index in [4.69, 9.17) is 5.11 Å². The van der Waals surface area contributed by atoms with Gasteiger partial charge in [-0.2, -0.15) is 0 Å². The molecule has 1 atom stereocenters. The minimum atomic E-state index is -1.09. The fourth-order valence-electron chi connectivity index (χ4n) is 1.73. The van der Waals surface area contributed by atoms with Gasteiger partial charge in [0.1, 0.15) is 6.29 Å². The number of carbonyl (C=O) groups is 3. The molecular weight excluding hydrogens is 222 g/mol. The Labute approximate surface area is 102 Å². The van der Waals surface area contributed by atoms with Crippen LogP contribution in [0.15, 0.2) is 0 Å². The summed E-state index contributed by atoms with van der Waals surface area (Å²) in [6.45, 7) is 3.98. The summed E-state index contributed by atoms with van der Waals surface area (Å²) in [7, 11) is 0. The number of carboxylic acids is 1. The fraction of sp³-hybridized carbons (Fsp3) is 0.750. The summed E-state index contributed by atoms with van der Waals surface area (Å²) in [5.41, 5.74) is 0. The van der Waals surface area contributed by atoms with Gasteiger partial charge in [-0.05, 0) is 12.8 Å². The standard InChI is InChI=1S/C12H21NO4/c1-3-5-9(6-4-2)12(17)13-10(8-14)7-11(15)16/h8-10H,3-7H2,1-2H3,(H,13,17)(H,15,16)/t10-/m0/s1. The Morgan fingerprint density at radius 2 is 1.76 bits per heavy atom. The van der Waals surface area contributed by atoms with E-state index in [2.05, 4.69) is 5.32 Å². The lowest BCUT2D eigenvalue weighted by Gasteiger charge is -2.17. The van der Waals surface area contributed by atoms with Gasteiger partial charge in [0.15, 0.2) is 0 Å². The van der Waals surface area contributed by atoms with Crippen molar-refractivity contribution in [1.82, 2.24) is 5.32 Å². The Kier molecular flexibility index (Phi) is 8.01. The molecule has 0 aromatic heterocycles. The van der Waals surface area contributed by atoms with E-state index in [1.807, 2.05) is 13.8 Å². The van der Waals surface area contributed by atoms with Gasteiger partial charge in [0, 0.05) is 5.92 Å². The maximum absolute atomic E-state index is 11.8. The second-order valence-corrected chi connectivity index (χ2v) is 4.12. The molecule has 0 saturated heterocycles. The molecule has 0 aliphatic heterocycles. The Hall–Kier alpha value is -1.39. The molecule has 98 valence electrons. The van der Waals surface area contributed by atoms with Crippen LogP contribution >= 0.6 is 0 Å². The van der Waals surface area contributed by atoms with Crippen molar-refractivity contribution in [3.63, 3.8) is 0 Å². The third kappa shape index (κ3) is 6.71. The van der Waals surface area contributed by atoms with Crippen molar-refractivity contribution < 1.29 is 19.5 Å². The quantitative estimate of drug-likeness (QED) is 0.599. The molecule has 0 fully saturated rings. The zero-order valence-corrected chi connectivity index (χ0v) is 10.4. The first kappa shape index (κ1) is 15.6. The topological polar surface area (TPSA) is 83.5 Å². The molecule has 0 heterocycles. The van der Waals surface area contributed by atoms with Crippen molar-refractivity contribution in [2.45, 2.75) is 52.0 Å². The van der Waals surface area contributed by atoms with Crippen molar-refractivity contribution in [3.8, 4) is 0 Å². The molecule has 0 rings (SSSR count). The lowest BCUT2D eigenvalue weighted by Crippen LogP contribution is -2.41. The van der Waals surface area contributed by atoms with E-state index in [0.29, 0.717) is 6.29 Å². The second-order valence-electron chi connectivity index (χ2n) is 4.12. The molecule has 0 spiro atoms. The van der Waals surface area contributed by atoms with Crippen LogP contribution in [0.1, 0.15) is 46.0 Å². The largest absolute Gasteiger partial charge is 0.481 e. The lowest BCUT2D eigenvalue weighted by atomic mass is 9.97. The number of nitrogens with one attached hydrogen (secondary N) is 1. The van der Waals surface area contributed by atoms with Gasteiger partial charge in [-0.3, -0.25) is 9.59 Å². The number of hydrogen-bond acceptors (Lipinski definition) is 3. The van der Waals surface area contributed by atoms with Gasteiger partial charge < -0.3 is 15.2 Å². The summed E-state index contributed by atoms with van der Waals surface area (Å²) in [5, 5.41) is 11.0. The van der Waals surface area contributed by atoms with Crippen LogP contribution in [0.3, 0.4) is 0 Å². The van der Waals surface area contributed by atoms with Gasteiger partial charge in [-0.15, -0.1) is 0 Å². The van der Waals surface area contributed by atoms with Crippen molar-refractivity contribution in [3.05, 3.63) is 0 Å². The van der Waals surface area contributed by atoms with Crippen LogP contribution in [0, 0.1) is 5.92 Å². The SMILES string of the molecule is CCCC(CCC)C(=O)N[C@H](C=O)CC(=O)O. The van der Waals surface area contributed by atoms with Gasteiger partial charge in [0.2, 0.25) is 5.91 Å². The zero-order valence-electron chi connectivity index (χ0n) is 10.4. The first-order chi connectivity index (χ1) is 8.04. The summed E-state index contributed by atoms with van der Waals surface area (Å²) >= 11 is 0. The van der Waals surface area contributed by atoms with Crippen LogP contribution in [0.25, 0.3) is 0 Å². The summed E-state index contributed by atoms with van der Waals surface area (Å²) in [6, 6.07) is -0.920. The second kappa shape index (κ2) is 8.73. The Morgan fingerprint density at radius 1 is 1.24 bits per heavy atom. The third-order valence-corrected chi connectivity index (χ3v) is 2.53. The minimum absolute atomic E-state index is 0.124. The van der Waals surface area contributed by atoms with Crippen molar-refractivity contribution in [1.29, 1.82) is 0 Å². The molecule has 0 aliphatic rings. The van der Waals surface area contributed by atoms with E-state index in [-0.39, 0.29) is 18.2 Å². The van der Waals surface area contributed by atoms with E-state index in [9.17, 15) is 14.4 Å². The minimum Gasteiger partial charge on any atom is -0.481 e. The van der Waals surface area contributed by atoms with E-state index in [1.54, 1.807) is 0 Å². The van der Waals surface area contributed by atoms with Gasteiger partial charge >= 0.3 is 5.97 Å². The zero-order chi connectivity index (χ0) is 13.3. The van der Waals surface area contributed by atoms with Crippen molar-refractivity contribution in [2.24, 2.45) is 5.92 Å². The number of carboxylic acid groups (broad SMARTS) is 1. The molecule has 0 bridgehead atoms. The highest BCUT2D eigenvalue weighted by Gasteiger charge is 2.21. The third-order valence-electron chi connectivity index (χ3n) is 2.53. The van der Waals surface area contributed by atoms with E-state index in [0.717, 1.165) is 25.7 Å². The number of hydrogen-bond donors (Lipinski definition) is 2. The van der Waals surface area contributed by atoms with Crippen LogP contribution in [0.5, 0.6) is 0 Å². The Balaban J connectivity index is 4.34. The molecule has 5 heteroatoms. The fourth-order valence-corrected chi connectivity index (χ4v) is 1.73. The number of carbonyl (C=O) groups excluding carboxylic acids is 2. The van der Waals surface area contributed by atoms with Crippen LogP contribution in [-0.4, -0.2) is 29.3 Å². The van der Waals surface area contributed by atoms with Crippen LogP contribution in [0.2, 0.25) is 0 Å². The number of amides is 1. The molecule has 0 saturated carbocycles. The van der Waals surface area contributed by atoms with Gasteiger partial charge in [0.05, 0.1) is 12.5 Å². The summed E-state index contributed by atoms with van der Waals surface area (Å²) < 4.78 is 0. The normalized spacial score (nSPS) is 12.2. The molecule has 0 aromatic carbocycles. The smallest absolute Gasteiger partial charge is 0.305 e. The lowest BCUT2D eigenvalue weighted by molar-refractivity contribution is -0.139. The highest BCUT2D eigenvalue weighted by Crippen LogP contribution is 2.13. The molecule has 5 nitrogen and oxygen atoms in total. The Morgan fingerprint density at radius 3 is 2.12 bits per heavy atom. The summed E-state index contributed by atoms with van der Waals surface area (Å²) in [5.74, 6) is -1.43. The molecule has 0 aromatic rings. The van der Waals surface area contributed by atoms with Gasteiger partial charge in [-0.1, -0.05) is 26.7 Å². The van der Waals surface area contributed by atoms with Crippen molar-refractivity contribution in [2.75, 3.05) is 0 Å². The van der Waals surface area contributed by atoms with E-state index >= 15 is 0 Å². The molecule has 0 radical (unpaired) electrons. The number of rotatable bonds is 9. The maximum Gasteiger partial charge on any atom is 0.305 e. The van der Waals surface area contributed by atoms with E-state index < -0.39 is 12.0 Å². The Bertz CT molecular complexity index is 259.